The van der Waals surface area contributed by atoms with E-state index in [-0.39, 0.29) is 17.2 Å². The minimum atomic E-state index is -0.174. The van der Waals surface area contributed by atoms with Crippen molar-refractivity contribution in [2.75, 3.05) is 11.1 Å². The molecule has 2 N–H and O–H groups in total. The molecule has 0 aliphatic heterocycles. The SMILES string of the molecule is CCc1c(C)nc(SCC(=O)Nc2ccc(Cl)cc2)[nH]c1=O. The van der Waals surface area contributed by atoms with Crippen LogP contribution in [0.5, 0.6) is 0 Å². The van der Waals surface area contributed by atoms with Crippen molar-refractivity contribution in [3.8, 4) is 0 Å². The van der Waals surface area contributed by atoms with Crippen LogP contribution in [-0.2, 0) is 11.2 Å². The van der Waals surface area contributed by atoms with Gasteiger partial charge >= 0.3 is 0 Å². The number of benzene rings is 1. The van der Waals surface area contributed by atoms with E-state index in [1.54, 1.807) is 31.2 Å². The number of hydrogen-bond donors (Lipinski definition) is 2. The fourth-order valence-corrected chi connectivity index (χ4v) is 2.77. The van der Waals surface area contributed by atoms with Gasteiger partial charge in [-0.2, -0.15) is 0 Å². The zero-order valence-corrected chi connectivity index (χ0v) is 13.8. The van der Waals surface area contributed by atoms with Crippen LogP contribution in [0, 0.1) is 6.92 Å². The molecule has 116 valence electrons. The van der Waals surface area contributed by atoms with Crippen LogP contribution in [0.2, 0.25) is 5.02 Å². The number of thioether (sulfide) groups is 1. The summed E-state index contributed by atoms with van der Waals surface area (Å²) < 4.78 is 0. The van der Waals surface area contributed by atoms with E-state index in [0.717, 1.165) is 0 Å². The molecule has 0 unspecified atom stereocenters. The second-order valence-corrected chi connectivity index (χ2v) is 6.03. The zero-order chi connectivity index (χ0) is 16.1. The van der Waals surface area contributed by atoms with Crippen molar-refractivity contribution in [3.05, 3.63) is 50.9 Å². The summed E-state index contributed by atoms with van der Waals surface area (Å²) in [7, 11) is 0. The summed E-state index contributed by atoms with van der Waals surface area (Å²) in [5.74, 6) is -0.0107. The van der Waals surface area contributed by atoms with Crippen LogP contribution in [-0.4, -0.2) is 21.6 Å². The van der Waals surface area contributed by atoms with Crippen molar-refractivity contribution < 1.29 is 4.79 Å². The van der Waals surface area contributed by atoms with Crippen LogP contribution < -0.4 is 10.9 Å². The molecule has 0 atom stereocenters. The number of H-pyrrole nitrogens is 1. The smallest absolute Gasteiger partial charge is 0.254 e. The normalized spacial score (nSPS) is 10.5. The first-order valence-electron chi connectivity index (χ1n) is 6.77. The number of carbonyl (C=O) groups excluding carboxylic acids is 1. The lowest BCUT2D eigenvalue weighted by Crippen LogP contribution is -2.18. The fourth-order valence-electron chi connectivity index (χ4n) is 1.93. The van der Waals surface area contributed by atoms with Gasteiger partial charge in [-0.1, -0.05) is 30.3 Å². The number of anilines is 1. The molecule has 1 amide bonds. The van der Waals surface area contributed by atoms with Gasteiger partial charge in [-0.05, 0) is 37.6 Å². The van der Waals surface area contributed by atoms with Gasteiger partial charge in [0.05, 0.1) is 5.75 Å². The van der Waals surface area contributed by atoms with Crippen LogP contribution in [0.15, 0.2) is 34.2 Å². The summed E-state index contributed by atoms with van der Waals surface area (Å²) in [4.78, 5) is 30.7. The van der Waals surface area contributed by atoms with E-state index in [4.69, 9.17) is 11.6 Å². The van der Waals surface area contributed by atoms with Gasteiger partial charge < -0.3 is 10.3 Å². The molecule has 0 aliphatic carbocycles. The number of amides is 1. The van der Waals surface area contributed by atoms with Gasteiger partial charge in [0.2, 0.25) is 5.91 Å². The van der Waals surface area contributed by atoms with Crippen LogP contribution in [0.3, 0.4) is 0 Å². The maximum atomic E-state index is 11.9. The van der Waals surface area contributed by atoms with Crippen molar-refractivity contribution in [2.24, 2.45) is 0 Å². The molecule has 5 nitrogen and oxygen atoms in total. The Morgan fingerprint density at radius 3 is 2.64 bits per heavy atom. The highest BCUT2D eigenvalue weighted by Gasteiger charge is 2.09. The Balaban J connectivity index is 1.96. The summed E-state index contributed by atoms with van der Waals surface area (Å²) in [6, 6.07) is 6.86. The molecule has 1 aromatic carbocycles. The summed E-state index contributed by atoms with van der Waals surface area (Å²) >= 11 is 6.98. The molecule has 0 fully saturated rings. The first-order valence-corrected chi connectivity index (χ1v) is 8.14. The second kappa shape index (κ2) is 7.47. The van der Waals surface area contributed by atoms with Crippen LogP contribution in [0.25, 0.3) is 0 Å². The number of hydrogen-bond acceptors (Lipinski definition) is 4. The molecule has 2 rings (SSSR count). The standard InChI is InChI=1S/C15H16ClN3O2S/c1-3-12-9(2)17-15(19-14(12)21)22-8-13(20)18-11-6-4-10(16)5-7-11/h4-7H,3,8H2,1-2H3,(H,18,20)(H,17,19,21). The third-order valence-corrected chi connectivity index (χ3v) is 4.15. The molecule has 0 spiro atoms. The number of aromatic amines is 1. The highest BCUT2D eigenvalue weighted by Crippen LogP contribution is 2.16. The van der Waals surface area contributed by atoms with Crippen molar-refractivity contribution >= 4 is 35.0 Å². The van der Waals surface area contributed by atoms with Crippen molar-refractivity contribution in [1.29, 1.82) is 0 Å². The molecule has 7 heteroatoms. The number of carbonyl (C=O) groups is 1. The van der Waals surface area contributed by atoms with Gasteiger partial charge in [-0.25, -0.2) is 4.98 Å². The average Bonchev–Trinajstić information content (AvgIpc) is 2.47. The molecule has 0 aliphatic rings. The molecule has 0 bridgehead atoms. The van der Waals surface area contributed by atoms with E-state index in [2.05, 4.69) is 15.3 Å². The van der Waals surface area contributed by atoms with Crippen LogP contribution in [0.4, 0.5) is 5.69 Å². The molecule has 0 saturated heterocycles. The molecule has 0 radical (unpaired) electrons. The lowest BCUT2D eigenvalue weighted by molar-refractivity contribution is -0.113. The Kier molecular flexibility index (Phi) is 5.63. The molecular formula is C15H16ClN3O2S. The van der Waals surface area contributed by atoms with E-state index in [0.29, 0.717) is 33.5 Å². The fraction of sp³-hybridized carbons (Fsp3) is 0.267. The predicted octanol–water partition coefficient (Wildman–Crippen LogP) is 3.02. The van der Waals surface area contributed by atoms with Gasteiger partial charge in [-0.3, -0.25) is 9.59 Å². The number of aromatic nitrogens is 2. The molecule has 0 saturated carbocycles. The van der Waals surface area contributed by atoms with Gasteiger partial charge in [0.1, 0.15) is 0 Å². The number of rotatable bonds is 5. The van der Waals surface area contributed by atoms with Crippen LogP contribution >= 0.6 is 23.4 Å². The minimum Gasteiger partial charge on any atom is -0.325 e. The highest BCUT2D eigenvalue weighted by atomic mass is 35.5. The van der Waals surface area contributed by atoms with E-state index >= 15 is 0 Å². The Hall–Kier alpha value is -1.79. The monoisotopic (exact) mass is 337 g/mol. The summed E-state index contributed by atoms with van der Waals surface area (Å²) in [6.07, 6.45) is 0.635. The first-order chi connectivity index (χ1) is 10.5. The summed E-state index contributed by atoms with van der Waals surface area (Å²) in [6.45, 7) is 3.71. The third-order valence-electron chi connectivity index (χ3n) is 3.02. The number of nitrogens with one attached hydrogen (secondary N) is 2. The minimum absolute atomic E-state index is 0.143. The quantitative estimate of drug-likeness (QED) is 0.649. The molecule has 2 aromatic rings. The van der Waals surface area contributed by atoms with E-state index in [1.807, 2.05) is 6.92 Å². The predicted molar refractivity (Wildman–Crippen MR) is 89.8 cm³/mol. The second-order valence-electron chi connectivity index (χ2n) is 4.63. The molecule has 1 aromatic heterocycles. The largest absolute Gasteiger partial charge is 0.325 e. The average molecular weight is 338 g/mol. The van der Waals surface area contributed by atoms with Gasteiger partial charge in [0.15, 0.2) is 5.16 Å². The lowest BCUT2D eigenvalue weighted by atomic mass is 10.2. The maximum Gasteiger partial charge on any atom is 0.254 e. The van der Waals surface area contributed by atoms with E-state index in [1.165, 1.54) is 11.8 Å². The summed E-state index contributed by atoms with van der Waals surface area (Å²) in [5, 5.41) is 3.81. The molecule has 1 heterocycles. The third kappa shape index (κ3) is 4.35. The Morgan fingerprint density at radius 2 is 2.05 bits per heavy atom. The first kappa shape index (κ1) is 16.6. The van der Waals surface area contributed by atoms with Gasteiger partial charge in [0.25, 0.3) is 5.56 Å². The number of halogens is 1. The Bertz CT molecular complexity index is 729. The Morgan fingerprint density at radius 1 is 1.36 bits per heavy atom. The topological polar surface area (TPSA) is 74.8 Å². The molecule has 22 heavy (non-hydrogen) atoms. The van der Waals surface area contributed by atoms with Gasteiger partial charge in [-0.15, -0.1) is 0 Å². The van der Waals surface area contributed by atoms with E-state index in [9.17, 15) is 9.59 Å². The lowest BCUT2D eigenvalue weighted by Gasteiger charge is -2.06. The van der Waals surface area contributed by atoms with Crippen molar-refractivity contribution in [3.63, 3.8) is 0 Å². The number of nitrogens with zero attached hydrogens (tertiary/aromatic N) is 1. The molecular weight excluding hydrogens is 322 g/mol. The van der Waals surface area contributed by atoms with Crippen molar-refractivity contribution in [1.82, 2.24) is 9.97 Å². The van der Waals surface area contributed by atoms with Gasteiger partial charge in [0, 0.05) is 22.0 Å². The van der Waals surface area contributed by atoms with Crippen LogP contribution in [0.1, 0.15) is 18.2 Å². The number of aryl methyl sites for hydroxylation is 1. The summed E-state index contributed by atoms with van der Waals surface area (Å²) in [5.41, 5.74) is 1.91. The highest BCUT2D eigenvalue weighted by molar-refractivity contribution is 7.99. The Labute approximate surface area is 137 Å². The van der Waals surface area contributed by atoms with Crippen molar-refractivity contribution in [2.45, 2.75) is 25.4 Å². The zero-order valence-electron chi connectivity index (χ0n) is 12.3. The van der Waals surface area contributed by atoms with E-state index < -0.39 is 0 Å². The maximum absolute atomic E-state index is 11.9.